The maximum atomic E-state index is 12.4. The summed E-state index contributed by atoms with van der Waals surface area (Å²) in [5, 5.41) is 0. The van der Waals surface area contributed by atoms with Crippen molar-refractivity contribution >= 4 is 11.9 Å². The molecule has 0 N–H and O–H groups in total. The molecule has 0 fully saturated rings. The van der Waals surface area contributed by atoms with Crippen LogP contribution in [-0.2, 0) is 6.42 Å². The Labute approximate surface area is 151 Å². The minimum atomic E-state index is -0.547. The highest BCUT2D eigenvalue weighted by atomic mass is 16.6. The lowest BCUT2D eigenvalue weighted by atomic mass is 10.2. The summed E-state index contributed by atoms with van der Waals surface area (Å²) in [6, 6.07) is 17.2. The van der Waals surface area contributed by atoms with Gasteiger partial charge in [-0.15, -0.1) is 0 Å². The van der Waals surface area contributed by atoms with Gasteiger partial charge >= 0.3 is 11.9 Å². The Kier molecular flexibility index (Phi) is 5.17. The molecule has 0 unspecified atom stereocenters. The number of carbonyl (C=O) groups is 2. The van der Waals surface area contributed by atoms with Crippen LogP contribution in [0.15, 0.2) is 65.1 Å². The van der Waals surface area contributed by atoms with Crippen molar-refractivity contribution in [2.45, 2.75) is 20.3 Å². The van der Waals surface area contributed by atoms with Crippen molar-refractivity contribution < 1.29 is 23.5 Å². The van der Waals surface area contributed by atoms with E-state index in [2.05, 4.69) is 0 Å². The van der Waals surface area contributed by atoms with E-state index in [1.54, 1.807) is 55.5 Å². The molecule has 0 saturated heterocycles. The Hall–Kier alpha value is -3.34. The Bertz CT molecular complexity index is 910. The normalized spacial score (nSPS) is 10.4. The number of carbonyl (C=O) groups excluding carboxylic acids is 2. The van der Waals surface area contributed by atoms with E-state index >= 15 is 0 Å². The Morgan fingerprint density at radius 1 is 0.808 bits per heavy atom. The standard InChI is InChI=1S/C21H18O5/c1-3-17-19(26-21(23)16-12-8-5-9-13-16)18(14(2)24-17)25-20(22)15-10-6-4-7-11-15/h4-13H,3H2,1-2H3. The molecular formula is C21H18O5. The number of hydrogen-bond donors (Lipinski definition) is 0. The van der Waals surface area contributed by atoms with Gasteiger partial charge in [0.15, 0.2) is 5.76 Å². The lowest BCUT2D eigenvalue weighted by Gasteiger charge is -2.08. The fourth-order valence-electron chi connectivity index (χ4n) is 2.47. The van der Waals surface area contributed by atoms with Crippen molar-refractivity contribution in [3.05, 3.63) is 83.3 Å². The minimum absolute atomic E-state index is 0.125. The highest BCUT2D eigenvalue weighted by molar-refractivity contribution is 5.93. The van der Waals surface area contributed by atoms with Crippen LogP contribution in [0.3, 0.4) is 0 Å². The minimum Gasteiger partial charge on any atom is -0.458 e. The molecule has 0 aliphatic heterocycles. The summed E-state index contributed by atoms with van der Waals surface area (Å²) in [5.41, 5.74) is 0.792. The van der Waals surface area contributed by atoms with Crippen LogP contribution in [0.5, 0.6) is 11.5 Å². The fraction of sp³-hybridized carbons (Fsp3) is 0.143. The van der Waals surface area contributed by atoms with Crippen LogP contribution in [0.4, 0.5) is 0 Å². The molecular weight excluding hydrogens is 332 g/mol. The predicted molar refractivity (Wildman–Crippen MR) is 95.6 cm³/mol. The van der Waals surface area contributed by atoms with E-state index in [4.69, 9.17) is 13.9 Å². The van der Waals surface area contributed by atoms with Crippen LogP contribution < -0.4 is 9.47 Å². The Morgan fingerprint density at radius 2 is 1.27 bits per heavy atom. The van der Waals surface area contributed by atoms with Crippen LogP contribution in [0.1, 0.15) is 39.2 Å². The Morgan fingerprint density at radius 3 is 1.73 bits per heavy atom. The first kappa shape index (κ1) is 17.5. The molecule has 0 saturated carbocycles. The maximum absolute atomic E-state index is 12.4. The Balaban J connectivity index is 1.90. The van der Waals surface area contributed by atoms with Gasteiger partial charge in [-0.05, 0) is 31.2 Å². The smallest absolute Gasteiger partial charge is 0.343 e. The van der Waals surface area contributed by atoms with Crippen molar-refractivity contribution in [2.24, 2.45) is 0 Å². The van der Waals surface area contributed by atoms with Gasteiger partial charge in [-0.2, -0.15) is 0 Å². The molecule has 5 heteroatoms. The first-order chi connectivity index (χ1) is 12.6. The summed E-state index contributed by atoms with van der Waals surface area (Å²) in [6.07, 6.45) is 0.487. The summed E-state index contributed by atoms with van der Waals surface area (Å²) in [5.74, 6) is 0.0000252. The zero-order valence-electron chi connectivity index (χ0n) is 14.5. The summed E-state index contributed by atoms with van der Waals surface area (Å²) in [7, 11) is 0. The van der Waals surface area contributed by atoms with Crippen molar-refractivity contribution in [1.29, 1.82) is 0 Å². The molecule has 0 aliphatic rings. The maximum Gasteiger partial charge on any atom is 0.343 e. The number of furan rings is 1. The highest BCUT2D eigenvalue weighted by Gasteiger charge is 2.25. The first-order valence-electron chi connectivity index (χ1n) is 8.27. The van der Waals surface area contributed by atoms with Gasteiger partial charge in [0, 0.05) is 6.42 Å². The predicted octanol–water partition coefficient (Wildman–Crippen LogP) is 4.59. The fourth-order valence-corrected chi connectivity index (χ4v) is 2.47. The van der Waals surface area contributed by atoms with E-state index in [0.29, 0.717) is 29.1 Å². The third-order valence-electron chi connectivity index (χ3n) is 3.79. The van der Waals surface area contributed by atoms with E-state index in [1.807, 2.05) is 19.1 Å². The zero-order valence-corrected chi connectivity index (χ0v) is 14.5. The molecule has 2 aromatic carbocycles. The third-order valence-corrected chi connectivity index (χ3v) is 3.79. The molecule has 0 bridgehead atoms. The summed E-state index contributed by atoms with van der Waals surface area (Å²) in [6.45, 7) is 3.52. The number of rotatable bonds is 5. The second-order valence-corrected chi connectivity index (χ2v) is 5.60. The number of ether oxygens (including phenoxy) is 2. The second-order valence-electron chi connectivity index (χ2n) is 5.60. The van der Waals surface area contributed by atoms with Crippen molar-refractivity contribution in [1.82, 2.24) is 0 Å². The van der Waals surface area contributed by atoms with Crippen molar-refractivity contribution in [2.75, 3.05) is 0 Å². The summed E-state index contributed by atoms with van der Waals surface area (Å²) in [4.78, 5) is 24.8. The average Bonchev–Trinajstić information content (AvgIpc) is 2.98. The zero-order chi connectivity index (χ0) is 18.5. The summed E-state index contributed by atoms with van der Waals surface area (Å²) < 4.78 is 16.6. The SMILES string of the molecule is CCc1oc(C)c(OC(=O)c2ccccc2)c1OC(=O)c1ccccc1. The number of hydrogen-bond acceptors (Lipinski definition) is 5. The van der Waals surface area contributed by atoms with Gasteiger partial charge < -0.3 is 13.9 Å². The number of aryl methyl sites for hydroxylation is 2. The van der Waals surface area contributed by atoms with Crippen molar-refractivity contribution in [3.63, 3.8) is 0 Å². The monoisotopic (exact) mass is 350 g/mol. The third kappa shape index (κ3) is 3.67. The molecule has 132 valence electrons. The van der Waals surface area contributed by atoms with Crippen LogP contribution in [0.2, 0.25) is 0 Å². The van der Waals surface area contributed by atoms with Crippen LogP contribution >= 0.6 is 0 Å². The van der Waals surface area contributed by atoms with Crippen LogP contribution in [-0.4, -0.2) is 11.9 Å². The molecule has 3 rings (SSSR count). The summed E-state index contributed by atoms with van der Waals surface area (Å²) >= 11 is 0. The van der Waals surface area contributed by atoms with Gasteiger partial charge in [0.25, 0.3) is 0 Å². The largest absolute Gasteiger partial charge is 0.458 e. The van der Waals surface area contributed by atoms with Crippen LogP contribution in [0, 0.1) is 6.92 Å². The quantitative estimate of drug-likeness (QED) is 0.630. The average molecular weight is 350 g/mol. The van der Waals surface area contributed by atoms with Gasteiger partial charge in [0.2, 0.25) is 11.5 Å². The van der Waals surface area contributed by atoms with Gasteiger partial charge in [0.1, 0.15) is 5.76 Å². The first-order valence-corrected chi connectivity index (χ1v) is 8.27. The topological polar surface area (TPSA) is 65.7 Å². The number of esters is 2. The molecule has 5 nitrogen and oxygen atoms in total. The van der Waals surface area contributed by atoms with Gasteiger partial charge in [-0.25, -0.2) is 9.59 Å². The second kappa shape index (κ2) is 7.70. The van der Waals surface area contributed by atoms with Gasteiger partial charge in [-0.1, -0.05) is 43.3 Å². The van der Waals surface area contributed by atoms with E-state index in [1.165, 1.54) is 0 Å². The van der Waals surface area contributed by atoms with Crippen LogP contribution in [0.25, 0.3) is 0 Å². The molecule has 0 aliphatic carbocycles. The molecule has 1 aromatic heterocycles. The molecule has 0 amide bonds. The van der Waals surface area contributed by atoms with E-state index in [9.17, 15) is 9.59 Å². The number of benzene rings is 2. The lowest BCUT2D eigenvalue weighted by Crippen LogP contribution is -2.12. The lowest BCUT2D eigenvalue weighted by molar-refractivity contribution is 0.0682. The molecule has 0 radical (unpaired) electrons. The molecule has 0 spiro atoms. The van der Waals surface area contributed by atoms with E-state index < -0.39 is 11.9 Å². The molecule has 1 heterocycles. The molecule has 0 atom stereocenters. The van der Waals surface area contributed by atoms with E-state index in [0.717, 1.165) is 0 Å². The van der Waals surface area contributed by atoms with Gasteiger partial charge in [-0.3, -0.25) is 0 Å². The van der Waals surface area contributed by atoms with Gasteiger partial charge in [0.05, 0.1) is 11.1 Å². The molecule has 3 aromatic rings. The highest BCUT2D eigenvalue weighted by Crippen LogP contribution is 2.39. The van der Waals surface area contributed by atoms with Crippen molar-refractivity contribution in [3.8, 4) is 11.5 Å². The molecule has 26 heavy (non-hydrogen) atoms. The van der Waals surface area contributed by atoms with E-state index in [-0.39, 0.29) is 11.5 Å².